The van der Waals surface area contributed by atoms with Crippen molar-refractivity contribution in [2.45, 2.75) is 17.7 Å². The summed E-state index contributed by atoms with van der Waals surface area (Å²) >= 11 is 0. The van der Waals surface area contributed by atoms with Crippen LogP contribution in [0.4, 0.5) is 10.1 Å². The Labute approximate surface area is 200 Å². The molecular weight excluding hydrogens is 453 g/mol. The van der Waals surface area contributed by atoms with Gasteiger partial charge < -0.3 is 10.2 Å². The van der Waals surface area contributed by atoms with Crippen LogP contribution >= 0.6 is 0 Å². The zero-order valence-electron chi connectivity index (χ0n) is 18.9. The lowest BCUT2D eigenvalue weighted by molar-refractivity contribution is 0.0953. The number of anilines is 1. The Balaban J connectivity index is 1.33. The summed E-state index contributed by atoms with van der Waals surface area (Å²) in [5, 5.41) is 2.87. The summed E-state index contributed by atoms with van der Waals surface area (Å²) < 4.78 is 41.0. The van der Waals surface area contributed by atoms with Crippen LogP contribution in [-0.2, 0) is 16.4 Å². The fraction of sp³-hybridized carbons (Fsp3) is 0.269. The number of nitrogens with zero attached hydrogens (tertiary/aromatic N) is 2. The van der Waals surface area contributed by atoms with Gasteiger partial charge >= 0.3 is 0 Å². The van der Waals surface area contributed by atoms with Crippen LogP contribution in [0.1, 0.15) is 22.3 Å². The molecule has 3 aromatic rings. The zero-order chi connectivity index (χ0) is 24.0. The van der Waals surface area contributed by atoms with E-state index in [9.17, 15) is 17.6 Å². The van der Waals surface area contributed by atoms with Gasteiger partial charge in [0.1, 0.15) is 5.82 Å². The Morgan fingerprint density at radius 3 is 2.29 bits per heavy atom. The van der Waals surface area contributed by atoms with Gasteiger partial charge in [-0.25, -0.2) is 12.8 Å². The summed E-state index contributed by atoms with van der Waals surface area (Å²) in [6.45, 7) is 2.15. The monoisotopic (exact) mass is 481 g/mol. The van der Waals surface area contributed by atoms with Crippen LogP contribution in [0.15, 0.2) is 83.8 Å². The third-order valence-corrected chi connectivity index (χ3v) is 7.83. The number of piperazine rings is 1. The van der Waals surface area contributed by atoms with Crippen LogP contribution < -0.4 is 10.2 Å². The van der Waals surface area contributed by atoms with Crippen molar-refractivity contribution in [3.05, 3.63) is 95.8 Å². The highest BCUT2D eigenvalue weighted by molar-refractivity contribution is 7.89. The maximum Gasteiger partial charge on any atom is 0.251 e. The lowest BCUT2D eigenvalue weighted by Crippen LogP contribution is -2.48. The molecule has 1 aliphatic heterocycles. The molecule has 178 valence electrons. The highest BCUT2D eigenvalue weighted by Gasteiger charge is 2.29. The Morgan fingerprint density at radius 1 is 0.882 bits per heavy atom. The first-order valence-electron chi connectivity index (χ1n) is 11.4. The quantitative estimate of drug-likeness (QED) is 0.498. The number of amides is 1. The van der Waals surface area contributed by atoms with Crippen molar-refractivity contribution >= 4 is 21.6 Å². The first-order valence-corrected chi connectivity index (χ1v) is 12.8. The molecule has 34 heavy (non-hydrogen) atoms. The highest BCUT2D eigenvalue weighted by atomic mass is 32.2. The molecule has 6 nitrogen and oxygen atoms in total. The van der Waals surface area contributed by atoms with E-state index in [1.807, 2.05) is 23.1 Å². The lowest BCUT2D eigenvalue weighted by atomic mass is 10.1. The number of benzene rings is 3. The van der Waals surface area contributed by atoms with E-state index in [4.69, 9.17) is 0 Å². The molecule has 0 saturated carbocycles. The van der Waals surface area contributed by atoms with Crippen molar-refractivity contribution in [1.29, 1.82) is 0 Å². The molecule has 1 amide bonds. The number of aryl methyl sites for hydroxylation is 1. The summed E-state index contributed by atoms with van der Waals surface area (Å²) in [5.74, 6) is -0.587. The topological polar surface area (TPSA) is 69.7 Å². The number of rotatable bonds is 8. The van der Waals surface area contributed by atoms with E-state index in [1.54, 1.807) is 24.3 Å². The van der Waals surface area contributed by atoms with Gasteiger partial charge in [0.25, 0.3) is 5.91 Å². The number of nitrogens with one attached hydrogen (secondary N) is 1. The van der Waals surface area contributed by atoms with Crippen LogP contribution in [0.3, 0.4) is 0 Å². The van der Waals surface area contributed by atoms with Gasteiger partial charge in [0.05, 0.1) is 4.90 Å². The molecule has 4 rings (SSSR count). The van der Waals surface area contributed by atoms with E-state index in [-0.39, 0.29) is 16.6 Å². The normalized spacial score (nSPS) is 14.7. The SMILES string of the molecule is O=C(NCCCc1ccccc1)c1cccc(S(=O)(=O)N2CCN(c3ccc(F)cc3)CC2)c1. The van der Waals surface area contributed by atoms with Gasteiger partial charge in [-0.3, -0.25) is 4.79 Å². The average molecular weight is 482 g/mol. The van der Waals surface area contributed by atoms with Crippen LogP contribution in [0.5, 0.6) is 0 Å². The molecule has 0 atom stereocenters. The first-order chi connectivity index (χ1) is 16.4. The molecule has 0 aromatic heterocycles. The fourth-order valence-electron chi connectivity index (χ4n) is 4.03. The van der Waals surface area contributed by atoms with Gasteiger partial charge in [-0.15, -0.1) is 0 Å². The van der Waals surface area contributed by atoms with E-state index in [0.29, 0.717) is 38.3 Å². The Hall–Kier alpha value is -3.23. The molecule has 0 unspecified atom stereocenters. The second kappa shape index (κ2) is 10.8. The first kappa shape index (κ1) is 23.9. The number of carbonyl (C=O) groups is 1. The molecule has 0 radical (unpaired) electrons. The number of sulfonamides is 1. The maximum absolute atomic E-state index is 13.2. The number of halogens is 1. The van der Waals surface area contributed by atoms with Crippen molar-refractivity contribution in [2.24, 2.45) is 0 Å². The molecular formula is C26H28FN3O3S. The molecule has 0 spiro atoms. The van der Waals surface area contributed by atoms with Gasteiger partial charge in [-0.05, 0) is 60.9 Å². The zero-order valence-corrected chi connectivity index (χ0v) is 19.7. The van der Waals surface area contributed by atoms with Crippen molar-refractivity contribution in [2.75, 3.05) is 37.6 Å². The molecule has 1 aliphatic rings. The summed E-state index contributed by atoms with van der Waals surface area (Å²) in [6.07, 6.45) is 1.66. The predicted octanol–water partition coefficient (Wildman–Crippen LogP) is 3.70. The third kappa shape index (κ3) is 5.81. The molecule has 1 N–H and O–H groups in total. The second-order valence-electron chi connectivity index (χ2n) is 8.24. The summed E-state index contributed by atoms with van der Waals surface area (Å²) in [4.78, 5) is 14.7. The molecule has 8 heteroatoms. The average Bonchev–Trinajstić information content (AvgIpc) is 2.88. The highest BCUT2D eigenvalue weighted by Crippen LogP contribution is 2.22. The molecule has 1 heterocycles. The van der Waals surface area contributed by atoms with Crippen LogP contribution in [-0.4, -0.2) is 51.4 Å². The largest absolute Gasteiger partial charge is 0.369 e. The molecule has 0 aliphatic carbocycles. The molecule has 1 saturated heterocycles. The van der Waals surface area contributed by atoms with E-state index in [0.717, 1.165) is 18.5 Å². The van der Waals surface area contributed by atoms with Gasteiger partial charge in [-0.2, -0.15) is 4.31 Å². The summed E-state index contributed by atoms with van der Waals surface area (Å²) in [6, 6.07) is 22.4. The van der Waals surface area contributed by atoms with Crippen molar-refractivity contribution < 1.29 is 17.6 Å². The lowest BCUT2D eigenvalue weighted by Gasteiger charge is -2.35. The minimum atomic E-state index is -3.72. The van der Waals surface area contributed by atoms with E-state index < -0.39 is 10.0 Å². The van der Waals surface area contributed by atoms with Crippen molar-refractivity contribution in [3.8, 4) is 0 Å². The Morgan fingerprint density at radius 2 is 1.59 bits per heavy atom. The number of hydrogen-bond acceptors (Lipinski definition) is 4. The van der Waals surface area contributed by atoms with Crippen LogP contribution in [0.25, 0.3) is 0 Å². The minimum absolute atomic E-state index is 0.111. The Kier molecular flexibility index (Phi) is 7.59. The van der Waals surface area contributed by atoms with Gasteiger partial charge in [0, 0.05) is 44.0 Å². The Bertz CT molecular complexity index is 1210. The molecule has 0 bridgehead atoms. The number of hydrogen-bond donors (Lipinski definition) is 1. The summed E-state index contributed by atoms with van der Waals surface area (Å²) in [7, 11) is -3.72. The third-order valence-electron chi connectivity index (χ3n) is 5.94. The van der Waals surface area contributed by atoms with Crippen molar-refractivity contribution in [3.63, 3.8) is 0 Å². The van der Waals surface area contributed by atoms with Crippen molar-refractivity contribution in [1.82, 2.24) is 9.62 Å². The maximum atomic E-state index is 13.2. The summed E-state index contributed by atoms with van der Waals surface area (Å²) in [5.41, 5.74) is 2.40. The minimum Gasteiger partial charge on any atom is -0.369 e. The van der Waals surface area contributed by atoms with E-state index in [2.05, 4.69) is 17.4 Å². The van der Waals surface area contributed by atoms with Gasteiger partial charge in [0.2, 0.25) is 10.0 Å². The van der Waals surface area contributed by atoms with Gasteiger partial charge in [-0.1, -0.05) is 36.4 Å². The molecule has 1 fully saturated rings. The van der Waals surface area contributed by atoms with Gasteiger partial charge in [0.15, 0.2) is 0 Å². The second-order valence-corrected chi connectivity index (χ2v) is 10.2. The van der Waals surface area contributed by atoms with Crippen LogP contribution in [0, 0.1) is 5.82 Å². The molecule has 3 aromatic carbocycles. The predicted molar refractivity (Wildman–Crippen MR) is 131 cm³/mol. The van der Waals surface area contributed by atoms with E-state index >= 15 is 0 Å². The number of carbonyl (C=O) groups excluding carboxylic acids is 1. The fourth-order valence-corrected chi connectivity index (χ4v) is 5.50. The smallest absolute Gasteiger partial charge is 0.251 e. The van der Waals surface area contributed by atoms with Crippen LogP contribution in [0.2, 0.25) is 0 Å². The standard InChI is InChI=1S/C26H28FN3O3S/c27-23-11-13-24(14-12-23)29-16-18-30(19-17-29)34(32,33)25-10-4-9-22(20-25)26(31)28-15-5-8-21-6-2-1-3-7-21/h1-4,6-7,9-14,20H,5,8,15-19H2,(H,28,31). The van der Waals surface area contributed by atoms with E-state index in [1.165, 1.54) is 34.1 Å².